The molecule has 0 radical (unpaired) electrons. The Kier molecular flexibility index (Phi) is 4.71. The molecule has 0 aromatic rings. The maximum Gasteiger partial charge on any atom is 0.126 e. The van der Waals surface area contributed by atoms with Crippen LogP contribution in [0.2, 0.25) is 0 Å². The standard InChI is InChI=1S/C16H33NO4S/c1-6-14(2,3)13(19)17-22(20,21)10-16-8-7-11(9-12(16)18)15(16,4)5/h11-13,17-21H,6-10H2,1-5H3/t11?,12-,13+,16?/m1/s1. The van der Waals surface area contributed by atoms with Crippen LogP contribution in [0.1, 0.15) is 60.3 Å². The van der Waals surface area contributed by atoms with E-state index >= 15 is 0 Å². The summed E-state index contributed by atoms with van der Waals surface area (Å²) in [6.45, 7) is 9.99. The fourth-order valence-corrected chi connectivity index (χ4v) is 6.50. The smallest absolute Gasteiger partial charge is 0.126 e. The Labute approximate surface area is 136 Å². The van der Waals surface area contributed by atoms with Gasteiger partial charge in [0.2, 0.25) is 0 Å². The van der Waals surface area contributed by atoms with Crippen molar-refractivity contribution in [1.29, 1.82) is 0 Å². The van der Waals surface area contributed by atoms with Gasteiger partial charge in [-0.1, -0.05) is 34.6 Å². The molecule has 0 spiro atoms. The summed E-state index contributed by atoms with van der Waals surface area (Å²) in [6.07, 6.45) is 1.83. The third kappa shape index (κ3) is 2.82. The van der Waals surface area contributed by atoms with Crippen molar-refractivity contribution >= 4 is 10.8 Å². The highest BCUT2D eigenvalue weighted by molar-refractivity contribution is 8.22. The van der Waals surface area contributed by atoms with Gasteiger partial charge in [0.25, 0.3) is 0 Å². The van der Waals surface area contributed by atoms with E-state index in [1.807, 2.05) is 20.8 Å². The molecule has 2 rings (SSSR count). The first-order chi connectivity index (χ1) is 9.88. The average Bonchev–Trinajstić information content (AvgIpc) is 2.71. The molecule has 0 aromatic heterocycles. The fourth-order valence-electron chi connectivity index (χ4n) is 4.31. The van der Waals surface area contributed by atoms with Crippen LogP contribution in [-0.2, 0) is 0 Å². The molecule has 2 fully saturated rings. The van der Waals surface area contributed by atoms with Crippen molar-refractivity contribution in [2.24, 2.45) is 22.2 Å². The van der Waals surface area contributed by atoms with Crippen LogP contribution in [0.5, 0.6) is 0 Å². The van der Waals surface area contributed by atoms with Crippen LogP contribution in [0, 0.1) is 22.2 Å². The van der Waals surface area contributed by atoms with Gasteiger partial charge in [0, 0.05) is 10.8 Å². The first kappa shape index (κ1) is 18.5. The van der Waals surface area contributed by atoms with Crippen LogP contribution >= 0.6 is 10.8 Å². The molecule has 2 unspecified atom stereocenters. The molecule has 0 saturated heterocycles. The summed E-state index contributed by atoms with van der Waals surface area (Å²) >= 11 is 0. The van der Waals surface area contributed by atoms with Gasteiger partial charge in [-0.05, 0) is 37.0 Å². The Balaban J connectivity index is 2.15. The second-order valence-electron chi connectivity index (χ2n) is 8.54. The monoisotopic (exact) mass is 335 g/mol. The van der Waals surface area contributed by atoms with Crippen LogP contribution in [0.15, 0.2) is 0 Å². The molecule has 22 heavy (non-hydrogen) atoms. The largest absolute Gasteiger partial charge is 0.392 e. The number of aliphatic hydroxyl groups is 2. The van der Waals surface area contributed by atoms with E-state index in [-0.39, 0.29) is 11.2 Å². The normalized spacial score (nSPS) is 36.6. The topological polar surface area (TPSA) is 93.0 Å². The van der Waals surface area contributed by atoms with E-state index in [0.29, 0.717) is 5.92 Å². The van der Waals surface area contributed by atoms with Crippen LogP contribution < -0.4 is 4.72 Å². The van der Waals surface area contributed by atoms with Gasteiger partial charge in [-0.2, -0.15) is 4.72 Å². The highest BCUT2D eigenvalue weighted by Crippen LogP contribution is 2.68. The number of nitrogens with one attached hydrogen (secondary N) is 1. The minimum absolute atomic E-state index is 0.108. The lowest BCUT2D eigenvalue weighted by atomic mass is 9.70. The predicted octanol–water partition coefficient (Wildman–Crippen LogP) is 3.18. The van der Waals surface area contributed by atoms with Gasteiger partial charge in [-0.25, -0.2) is 0 Å². The molecular formula is C16H33NO4S. The highest BCUT2D eigenvalue weighted by Gasteiger charge is 2.65. The Hall–Kier alpha value is 0.150. The zero-order chi connectivity index (χ0) is 17.0. The van der Waals surface area contributed by atoms with E-state index in [1.54, 1.807) is 0 Å². The second-order valence-corrected chi connectivity index (χ2v) is 10.4. The molecule has 0 heterocycles. The van der Waals surface area contributed by atoms with E-state index in [4.69, 9.17) is 0 Å². The van der Waals surface area contributed by atoms with Gasteiger partial charge in [-0.3, -0.25) is 9.11 Å². The molecule has 2 aliphatic carbocycles. The molecule has 0 aromatic carbocycles. The quantitative estimate of drug-likeness (QED) is 0.481. The SMILES string of the molecule is CCC(C)(C)[C@H](O)NS(O)(O)CC12CCC(C[C@H]1O)C2(C)C. The lowest BCUT2D eigenvalue weighted by molar-refractivity contribution is 0.0104. The summed E-state index contributed by atoms with van der Waals surface area (Å²) in [7, 11) is -3.17. The summed E-state index contributed by atoms with van der Waals surface area (Å²) in [4.78, 5) is 0. The molecule has 0 aliphatic heterocycles. The van der Waals surface area contributed by atoms with Gasteiger partial charge in [0.15, 0.2) is 0 Å². The van der Waals surface area contributed by atoms with Gasteiger partial charge in [0.05, 0.1) is 11.9 Å². The lowest BCUT2D eigenvalue weighted by Crippen LogP contribution is -2.49. The molecule has 0 amide bonds. The average molecular weight is 336 g/mol. The van der Waals surface area contributed by atoms with E-state index in [9.17, 15) is 19.3 Å². The first-order valence-corrected chi connectivity index (χ1v) is 9.99. The van der Waals surface area contributed by atoms with Gasteiger partial charge in [0.1, 0.15) is 6.23 Å². The molecule has 4 atom stereocenters. The zero-order valence-corrected chi connectivity index (χ0v) is 15.3. The van der Waals surface area contributed by atoms with Crippen molar-refractivity contribution in [1.82, 2.24) is 4.72 Å². The molecule has 2 bridgehead atoms. The maximum atomic E-state index is 10.5. The van der Waals surface area contributed by atoms with E-state index in [0.717, 1.165) is 25.7 Å². The molecule has 6 heteroatoms. The highest BCUT2D eigenvalue weighted by atomic mass is 32.3. The summed E-state index contributed by atoms with van der Waals surface area (Å²) in [6, 6.07) is 0. The second kappa shape index (κ2) is 5.60. The molecule has 5 nitrogen and oxygen atoms in total. The Morgan fingerprint density at radius 2 is 1.91 bits per heavy atom. The maximum absolute atomic E-state index is 10.5. The third-order valence-corrected chi connectivity index (χ3v) is 8.32. The van der Waals surface area contributed by atoms with Crippen LogP contribution in [-0.4, -0.2) is 37.4 Å². The molecule has 2 aliphatic rings. The summed E-state index contributed by atoms with van der Waals surface area (Å²) < 4.78 is 23.7. The lowest BCUT2D eigenvalue weighted by Gasteiger charge is -2.49. The van der Waals surface area contributed by atoms with E-state index < -0.39 is 33.9 Å². The van der Waals surface area contributed by atoms with Crippen molar-refractivity contribution in [3.63, 3.8) is 0 Å². The number of hydrogen-bond donors (Lipinski definition) is 5. The predicted molar refractivity (Wildman–Crippen MR) is 90.5 cm³/mol. The number of fused-ring (bicyclic) bond motifs is 2. The van der Waals surface area contributed by atoms with Crippen molar-refractivity contribution in [2.75, 3.05) is 5.75 Å². The molecule has 5 N–H and O–H groups in total. The van der Waals surface area contributed by atoms with E-state index in [1.165, 1.54) is 0 Å². The Morgan fingerprint density at radius 1 is 1.32 bits per heavy atom. The number of rotatable bonds is 6. The Bertz CT molecular complexity index is 426. The van der Waals surface area contributed by atoms with Crippen molar-refractivity contribution in [2.45, 2.75) is 72.6 Å². The van der Waals surface area contributed by atoms with Crippen LogP contribution in [0.3, 0.4) is 0 Å². The summed E-state index contributed by atoms with van der Waals surface area (Å²) in [5.74, 6) is 0.552. The molecule has 2 saturated carbocycles. The molecular weight excluding hydrogens is 302 g/mol. The summed E-state index contributed by atoms with van der Waals surface area (Å²) in [5.41, 5.74) is -1.02. The van der Waals surface area contributed by atoms with Crippen molar-refractivity contribution < 1.29 is 19.3 Å². The number of aliphatic hydroxyl groups excluding tert-OH is 2. The first-order valence-electron chi connectivity index (χ1n) is 8.27. The third-order valence-electron chi connectivity index (χ3n) is 6.80. The van der Waals surface area contributed by atoms with Crippen LogP contribution in [0.25, 0.3) is 0 Å². The minimum atomic E-state index is -3.17. The van der Waals surface area contributed by atoms with Gasteiger partial charge < -0.3 is 10.2 Å². The van der Waals surface area contributed by atoms with Gasteiger partial charge >= 0.3 is 0 Å². The van der Waals surface area contributed by atoms with Crippen molar-refractivity contribution in [3.8, 4) is 0 Å². The van der Waals surface area contributed by atoms with Crippen molar-refractivity contribution in [3.05, 3.63) is 0 Å². The van der Waals surface area contributed by atoms with Crippen LogP contribution in [0.4, 0.5) is 0 Å². The zero-order valence-electron chi connectivity index (χ0n) is 14.5. The van der Waals surface area contributed by atoms with Gasteiger partial charge in [-0.15, -0.1) is 10.8 Å². The number of hydrogen-bond acceptors (Lipinski definition) is 5. The summed E-state index contributed by atoms with van der Waals surface area (Å²) in [5, 5.41) is 20.8. The fraction of sp³-hybridized carbons (Fsp3) is 1.00. The van der Waals surface area contributed by atoms with E-state index in [2.05, 4.69) is 18.6 Å². The Morgan fingerprint density at radius 3 is 2.32 bits per heavy atom. The molecule has 132 valence electrons. The minimum Gasteiger partial charge on any atom is -0.392 e.